The van der Waals surface area contributed by atoms with Gasteiger partial charge in [0.05, 0.1) is 20.3 Å². The third-order valence-corrected chi connectivity index (χ3v) is 6.81. The molecule has 1 unspecified atom stereocenters. The predicted octanol–water partition coefficient (Wildman–Crippen LogP) is 4.98. The minimum atomic E-state index is -0.491. The summed E-state index contributed by atoms with van der Waals surface area (Å²) >= 11 is 1.38. The number of methoxy groups -OCH3 is 2. The normalized spacial score (nSPS) is 11.7. The highest BCUT2D eigenvalue weighted by atomic mass is 32.2. The smallest absolute Gasteiger partial charge is 0.259 e. The number of halogens is 1. The van der Waals surface area contributed by atoms with Gasteiger partial charge in [-0.15, -0.1) is 10.2 Å². The fourth-order valence-electron chi connectivity index (χ4n) is 3.88. The summed E-state index contributed by atoms with van der Waals surface area (Å²) in [5, 5.41) is 12.4. The van der Waals surface area contributed by atoms with Gasteiger partial charge in [0.15, 0.2) is 11.0 Å². The lowest BCUT2D eigenvalue weighted by Crippen LogP contribution is -2.32. The molecular formula is C27H27FN4O3S. The van der Waals surface area contributed by atoms with Crippen LogP contribution in [0.1, 0.15) is 33.4 Å². The standard InChI is InChI=1S/C27H27FN4O3S/c1-32-25(30-31-27(32)36-17-19-12-7-8-13-20(19)28)21(16-18-10-5-4-6-11-18)29-26(33)24-22(34-2)14-9-15-23(24)35-3/h4-15,21H,16-17H2,1-3H3,(H,29,33). The molecule has 0 bridgehead atoms. The van der Waals surface area contributed by atoms with Crippen molar-refractivity contribution in [3.05, 3.63) is 101 Å². The molecule has 36 heavy (non-hydrogen) atoms. The van der Waals surface area contributed by atoms with Gasteiger partial charge in [0, 0.05) is 12.8 Å². The maximum atomic E-state index is 14.1. The van der Waals surface area contributed by atoms with E-state index in [1.165, 1.54) is 32.0 Å². The van der Waals surface area contributed by atoms with E-state index in [-0.39, 0.29) is 11.7 Å². The summed E-state index contributed by atoms with van der Waals surface area (Å²) in [5.74, 6) is 1.19. The van der Waals surface area contributed by atoms with Crippen LogP contribution in [0.4, 0.5) is 4.39 Å². The van der Waals surface area contributed by atoms with E-state index in [1.807, 2.05) is 41.9 Å². The van der Waals surface area contributed by atoms with Crippen molar-refractivity contribution in [2.75, 3.05) is 14.2 Å². The van der Waals surface area contributed by atoms with Crippen LogP contribution >= 0.6 is 11.8 Å². The van der Waals surface area contributed by atoms with Gasteiger partial charge in [0.2, 0.25) is 0 Å². The molecule has 0 fully saturated rings. The highest BCUT2D eigenvalue weighted by Gasteiger charge is 2.26. The molecule has 4 rings (SSSR count). The van der Waals surface area contributed by atoms with Crippen LogP contribution in [0.25, 0.3) is 0 Å². The second-order valence-electron chi connectivity index (χ2n) is 8.03. The number of hydrogen-bond acceptors (Lipinski definition) is 6. The van der Waals surface area contributed by atoms with E-state index < -0.39 is 6.04 Å². The highest BCUT2D eigenvalue weighted by molar-refractivity contribution is 7.98. The fraction of sp³-hybridized carbons (Fsp3) is 0.222. The third-order valence-electron chi connectivity index (χ3n) is 5.74. The van der Waals surface area contributed by atoms with E-state index in [2.05, 4.69) is 15.5 Å². The molecule has 7 nitrogen and oxygen atoms in total. The molecule has 0 aliphatic heterocycles. The first-order valence-electron chi connectivity index (χ1n) is 11.3. The van der Waals surface area contributed by atoms with Crippen molar-refractivity contribution in [2.45, 2.75) is 23.4 Å². The fourth-order valence-corrected chi connectivity index (χ4v) is 4.78. The Bertz CT molecular complexity index is 1310. The Balaban J connectivity index is 1.62. The van der Waals surface area contributed by atoms with Gasteiger partial charge in [-0.25, -0.2) is 4.39 Å². The van der Waals surface area contributed by atoms with Gasteiger partial charge in [-0.1, -0.05) is 66.4 Å². The van der Waals surface area contributed by atoms with Gasteiger partial charge in [-0.3, -0.25) is 4.79 Å². The van der Waals surface area contributed by atoms with E-state index in [9.17, 15) is 9.18 Å². The monoisotopic (exact) mass is 506 g/mol. The summed E-state index contributed by atoms with van der Waals surface area (Å²) in [4.78, 5) is 13.5. The number of amides is 1. The van der Waals surface area contributed by atoms with Gasteiger partial charge in [-0.2, -0.15) is 0 Å². The minimum absolute atomic E-state index is 0.257. The Labute approximate surface area is 213 Å². The Morgan fingerprint density at radius 1 is 0.972 bits per heavy atom. The number of carbonyl (C=O) groups is 1. The van der Waals surface area contributed by atoms with Gasteiger partial charge in [0.1, 0.15) is 22.9 Å². The summed E-state index contributed by atoms with van der Waals surface area (Å²) in [6.45, 7) is 0. The van der Waals surface area contributed by atoms with Crippen molar-refractivity contribution in [3.63, 3.8) is 0 Å². The van der Waals surface area contributed by atoms with E-state index in [0.717, 1.165) is 5.56 Å². The van der Waals surface area contributed by atoms with Gasteiger partial charge < -0.3 is 19.4 Å². The van der Waals surface area contributed by atoms with Crippen molar-refractivity contribution in [3.8, 4) is 11.5 Å². The van der Waals surface area contributed by atoms with E-state index in [1.54, 1.807) is 36.4 Å². The molecule has 0 aliphatic rings. The molecule has 1 aromatic heterocycles. The molecule has 1 amide bonds. The zero-order valence-electron chi connectivity index (χ0n) is 20.3. The summed E-state index contributed by atoms with van der Waals surface area (Å²) < 4.78 is 26.7. The number of rotatable bonds is 10. The second-order valence-corrected chi connectivity index (χ2v) is 8.98. The van der Waals surface area contributed by atoms with Gasteiger partial charge in [0.25, 0.3) is 5.91 Å². The number of aromatic nitrogens is 3. The van der Waals surface area contributed by atoms with Crippen LogP contribution in [-0.4, -0.2) is 34.9 Å². The number of hydrogen-bond donors (Lipinski definition) is 1. The number of nitrogens with one attached hydrogen (secondary N) is 1. The molecule has 4 aromatic rings. The maximum Gasteiger partial charge on any atom is 0.259 e. The SMILES string of the molecule is COc1cccc(OC)c1C(=O)NC(Cc1ccccc1)c1nnc(SCc2ccccc2F)n1C. The molecule has 1 atom stereocenters. The first kappa shape index (κ1) is 25.2. The topological polar surface area (TPSA) is 78.3 Å². The summed E-state index contributed by atoms with van der Waals surface area (Å²) in [5.41, 5.74) is 1.92. The summed E-state index contributed by atoms with van der Waals surface area (Å²) in [7, 11) is 4.86. The van der Waals surface area contributed by atoms with Crippen LogP contribution in [0.2, 0.25) is 0 Å². The van der Waals surface area contributed by atoms with Gasteiger partial charge in [-0.05, 0) is 35.7 Å². The average molecular weight is 507 g/mol. The van der Waals surface area contributed by atoms with Crippen LogP contribution in [0.3, 0.4) is 0 Å². The number of benzene rings is 3. The van der Waals surface area contributed by atoms with Crippen LogP contribution in [0, 0.1) is 5.82 Å². The van der Waals surface area contributed by atoms with Crippen LogP contribution in [0.5, 0.6) is 11.5 Å². The minimum Gasteiger partial charge on any atom is -0.496 e. The van der Waals surface area contributed by atoms with Crippen molar-refractivity contribution in [2.24, 2.45) is 7.05 Å². The van der Waals surface area contributed by atoms with Crippen molar-refractivity contribution in [1.82, 2.24) is 20.1 Å². The van der Waals surface area contributed by atoms with E-state index in [0.29, 0.717) is 45.8 Å². The Kier molecular flexibility index (Phi) is 8.22. The third kappa shape index (κ3) is 5.68. The lowest BCUT2D eigenvalue weighted by Gasteiger charge is -2.20. The highest BCUT2D eigenvalue weighted by Crippen LogP contribution is 2.30. The Morgan fingerprint density at radius 2 is 1.64 bits per heavy atom. The van der Waals surface area contributed by atoms with Crippen LogP contribution < -0.4 is 14.8 Å². The maximum absolute atomic E-state index is 14.1. The van der Waals surface area contributed by atoms with Crippen LogP contribution in [-0.2, 0) is 19.2 Å². The molecule has 0 radical (unpaired) electrons. The van der Waals surface area contributed by atoms with Crippen LogP contribution in [0.15, 0.2) is 78.0 Å². The molecule has 1 heterocycles. The average Bonchev–Trinajstić information content (AvgIpc) is 3.27. The number of nitrogens with zero attached hydrogens (tertiary/aromatic N) is 3. The molecule has 0 spiro atoms. The Morgan fingerprint density at radius 3 is 2.31 bits per heavy atom. The van der Waals surface area contributed by atoms with E-state index >= 15 is 0 Å². The predicted molar refractivity (Wildman–Crippen MR) is 137 cm³/mol. The molecule has 1 N–H and O–H groups in total. The molecule has 9 heteroatoms. The molecule has 3 aromatic carbocycles. The zero-order chi connectivity index (χ0) is 25.5. The number of thioether (sulfide) groups is 1. The molecule has 0 saturated carbocycles. The number of ether oxygens (including phenoxy) is 2. The largest absolute Gasteiger partial charge is 0.496 e. The quantitative estimate of drug-likeness (QED) is 0.306. The lowest BCUT2D eigenvalue weighted by atomic mass is 10.0. The lowest BCUT2D eigenvalue weighted by molar-refractivity contribution is 0.0927. The Hall–Kier alpha value is -3.85. The van der Waals surface area contributed by atoms with Crippen molar-refractivity contribution in [1.29, 1.82) is 0 Å². The van der Waals surface area contributed by atoms with E-state index in [4.69, 9.17) is 9.47 Å². The number of carbonyl (C=O) groups excluding carboxylic acids is 1. The first-order valence-corrected chi connectivity index (χ1v) is 12.3. The van der Waals surface area contributed by atoms with Crippen molar-refractivity contribution < 1.29 is 18.7 Å². The molecule has 186 valence electrons. The molecule has 0 saturated heterocycles. The first-order chi connectivity index (χ1) is 17.5. The van der Waals surface area contributed by atoms with Crippen molar-refractivity contribution >= 4 is 17.7 Å². The summed E-state index contributed by atoms with van der Waals surface area (Å²) in [6.07, 6.45) is 0.494. The summed E-state index contributed by atoms with van der Waals surface area (Å²) in [6, 6.07) is 21.2. The molecular weight excluding hydrogens is 479 g/mol. The van der Waals surface area contributed by atoms with Gasteiger partial charge >= 0.3 is 0 Å². The zero-order valence-corrected chi connectivity index (χ0v) is 21.1. The second kappa shape index (κ2) is 11.7. The molecule has 0 aliphatic carbocycles.